The minimum atomic E-state index is -0.540. The number of nitrogens with one attached hydrogen (secondary N) is 1. The Morgan fingerprint density at radius 3 is 2.34 bits per heavy atom. The topological polar surface area (TPSA) is 67.9 Å². The molecule has 3 rings (SSSR count). The highest BCUT2D eigenvalue weighted by Crippen LogP contribution is 2.42. The highest BCUT2D eigenvalue weighted by molar-refractivity contribution is 7.99. The van der Waals surface area contributed by atoms with Gasteiger partial charge in [-0.1, -0.05) is 37.3 Å². The van der Waals surface area contributed by atoms with Crippen LogP contribution in [0.1, 0.15) is 34.6 Å². The van der Waals surface area contributed by atoms with Crippen LogP contribution in [0.15, 0.2) is 48.5 Å². The Hall–Kier alpha value is -2.67. The molecule has 2 amide bonds. The number of rotatable bonds is 7. The number of thioether (sulfide) groups is 1. The average molecular weight is 415 g/mol. The molecule has 1 fully saturated rings. The van der Waals surface area contributed by atoms with Crippen molar-refractivity contribution in [2.45, 2.75) is 24.8 Å². The fourth-order valence-electron chi connectivity index (χ4n) is 3.28. The van der Waals surface area contributed by atoms with Crippen molar-refractivity contribution < 1.29 is 19.1 Å². The minimum absolute atomic E-state index is 0.124. The van der Waals surface area contributed by atoms with E-state index in [1.165, 1.54) is 0 Å². The van der Waals surface area contributed by atoms with Crippen molar-refractivity contribution in [3.63, 3.8) is 0 Å². The molecule has 2 aromatic rings. The number of hydrogen-bond acceptors (Lipinski definition) is 5. The van der Waals surface area contributed by atoms with Crippen molar-refractivity contribution in [3.8, 4) is 11.5 Å². The summed E-state index contributed by atoms with van der Waals surface area (Å²) in [7, 11) is 3.09. The normalized spacial score (nSPS) is 18.4. The lowest BCUT2D eigenvalue weighted by Gasteiger charge is -2.29. The summed E-state index contributed by atoms with van der Waals surface area (Å²) in [6.07, 6.45) is 0.842. The molecule has 0 saturated carbocycles. The maximum atomic E-state index is 13.6. The summed E-state index contributed by atoms with van der Waals surface area (Å²) in [5.41, 5.74) is 1.42. The van der Waals surface area contributed by atoms with Crippen LogP contribution in [0.25, 0.3) is 0 Å². The fraction of sp³-hybridized carbons (Fsp3) is 0.364. The van der Waals surface area contributed by atoms with Gasteiger partial charge < -0.3 is 19.7 Å². The van der Waals surface area contributed by atoms with E-state index < -0.39 is 6.04 Å². The molecule has 1 saturated heterocycles. The molecule has 1 aliphatic heterocycles. The lowest BCUT2D eigenvalue weighted by Crippen LogP contribution is -2.48. The molecule has 1 N–H and O–H groups in total. The molecule has 0 bridgehead atoms. The summed E-state index contributed by atoms with van der Waals surface area (Å²) in [4.78, 5) is 28.1. The summed E-state index contributed by atoms with van der Waals surface area (Å²) in [6, 6.07) is 14.3. The van der Waals surface area contributed by atoms with Crippen LogP contribution in [-0.2, 0) is 4.79 Å². The van der Waals surface area contributed by atoms with Crippen LogP contribution in [-0.4, -0.2) is 49.3 Å². The Morgan fingerprint density at radius 2 is 1.76 bits per heavy atom. The number of carbonyl (C=O) groups excluding carboxylic acids is 2. The molecular weight excluding hydrogens is 388 g/mol. The molecule has 2 aromatic carbocycles. The van der Waals surface area contributed by atoms with Gasteiger partial charge in [0.2, 0.25) is 5.91 Å². The number of hydrogen-bond donors (Lipinski definition) is 1. The molecular formula is C22H26N2O4S. The van der Waals surface area contributed by atoms with Crippen molar-refractivity contribution in [2.75, 3.05) is 26.5 Å². The molecule has 1 aliphatic rings. The van der Waals surface area contributed by atoms with E-state index in [1.807, 2.05) is 37.3 Å². The number of amides is 2. The average Bonchev–Trinajstić information content (AvgIpc) is 3.22. The Bertz CT molecular complexity index is 837. The summed E-state index contributed by atoms with van der Waals surface area (Å²) in [6.45, 7) is 2.59. The van der Waals surface area contributed by atoms with Crippen LogP contribution in [0.3, 0.4) is 0 Å². The van der Waals surface area contributed by atoms with E-state index >= 15 is 0 Å². The van der Waals surface area contributed by atoms with Crippen LogP contribution in [0.5, 0.6) is 11.5 Å². The summed E-state index contributed by atoms with van der Waals surface area (Å²) in [5.74, 6) is 1.26. The predicted molar refractivity (Wildman–Crippen MR) is 114 cm³/mol. The van der Waals surface area contributed by atoms with Gasteiger partial charge in [0.1, 0.15) is 22.9 Å². The van der Waals surface area contributed by atoms with Gasteiger partial charge in [-0.2, -0.15) is 0 Å². The molecule has 0 spiro atoms. The van der Waals surface area contributed by atoms with E-state index in [1.54, 1.807) is 49.1 Å². The van der Waals surface area contributed by atoms with Crippen LogP contribution < -0.4 is 14.8 Å². The summed E-state index contributed by atoms with van der Waals surface area (Å²) in [5, 5.41) is 2.69. The third-order valence-electron chi connectivity index (χ3n) is 4.77. The van der Waals surface area contributed by atoms with Crippen LogP contribution in [0, 0.1) is 0 Å². The summed E-state index contributed by atoms with van der Waals surface area (Å²) >= 11 is 1.60. The van der Waals surface area contributed by atoms with Crippen molar-refractivity contribution >= 4 is 23.6 Å². The van der Waals surface area contributed by atoms with E-state index in [2.05, 4.69) is 5.32 Å². The van der Waals surface area contributed by atoms with Crippen LogP contribution >= 0.6 is 11.8 Å². The third kappa shape index (κ3) is 4.67. The smallest absolute Gasteiger partial charge is 0.256 e. The lowest BCUT2D eigenvalue weighted by molar-refractivity contribution is -0.124. The number of nitrogens with zero attached hydrogens (tertiary/aromatic N) is 1. The van der Waals surface area contributed by atoms with E-state index in [4.69, 9.17) is 9.47 Å². The lowest BCUT2D eigenvalue weighted by atomic mass is 10.1. The van der Waals surface area contributed by atoms with Gasteiger partial charge in [0.15, 0.2) is 0 Å². The molecule has 0 aliphatic carbocycles. The second-order valence-corrected chi connectivity index (χ2v) is 7.83. The third-order valence-corrected chi connectivity index (χ3v) is 6.09. The van der Waals surface area contributed by atoms with Crippen molar-refractivity contribution in [1.29, 1.82) is 0 Å². The zero-order valence-electron chi connectivity index (χ0n) is 16.9. The van der Waals surface area contributed by atoms with Gasteiger partial charge >= 0.3 is 0 Å². The highest BCUT2D eigenvalue weighted by Gasteiger charge is 2.42. The highest BCUT2D eigenvalue weighted by atomic mass is 32.2. The van der Waals surface area contributed by atoms with E-state index in [0.29, 0.717) is 29.4 Å². The number of ether oxygens (including phenoxy) is 2. The van der Waals surface area contributed by atoms with Gasteiger partial charge in [-0.05, 0) is 24.1 Å². The first kappa shape index (κ1) is 21.0. The molecule has 7 heteroatoms. The standard InChI is InChI=1S/C22H26N2O4S/c1-4-10-23-20(25)19-14-29-22(15-8-6-5-7-9-15)24(19)21(26)16-11-17(27-2)13-18(12-16)28-3/h5-9,11-13,19,22H,4,10,14H2,1-3H3,(H,23,25). The van der Waals surface area contributed by atoms with Gasteiger partial charge in [0, 0.05) is 23.9 Å². The molecule has 29 heavy (non-hydrogen) atoms. The van der Waals surface area contributed by atoms with E-state index in [0.717, 1.165) is 12.0 Å². The minimum Gasteiger partial charge on any atom is -0.497 e. The molecule has 0 radical (unpaired) electrons. The quantitative estimate of drug-likeness (QED) is 0.751. The second kappa shape index (κ2) is 9.69. The number of benzene rings is 2. The Morgan fingerprint density at radius 1 is 1.10 bits per heavy atom. The first-order chi connectivity index (χ1) is 14.1. The van der Waals surface area contributed by atoms with Gasteiger partial charge in [0.25, 0.3) is 5.91 Å². The predicted octanol–water partition coefficient (Wildman–Crippen LogP) is 3.49. The Labute approximate surface area is 175 Å². The Kier molecular flexibility index (Phi) is 7.04. The zero-order chi connectivity index (χ0) is 20.8. The number of carbonyl (C=O) groups is 2. The fourth-order valence-corrected chi connectivity index (χ4v) is 4.71. The van der Waals surface area contributed by atoms with Gasteiger partial charge in [0.05, 0.1) is 14.2 Å². The molecule has 1 heterocycles. The van der Waals surface area contributed by atoms with Gasteiger partial charge in [-0.3, -0.25) is 9.59 Å². The summed E-state index contributed by atoms with van der Waals surface area (Å²) < 4.78 is 10.6. The molecule has 0 aromatic heterocycles. The van der Waals surface area contributed by atoms with E-state index in [-0.39, 0.29) is 17.2 Å². The van der Waals surface area contributed by atoms with Crippen LogP contribution in [0.4, 0.5) is 0 Å². The van der Waals surface area contributed by atoms with Gasteiger partial charge in [-0.25, -0.2) is 0 Å². The van der Waals surface area contributed by atoms with E-state index in [9.17, 15) is 9.59 Å². The molecule has 2 unspecified atom stereocenters. The first-order valence-corrected chi connectivity index (χ1v) is 10.6. The zero-order valence-corrected chi connectivity index (χ0v) is 17.7. The van der Waals surface area contributed by atoms with Crippen molar-refractivity contribution in [2.24, 2.45) is 0 Å². The maximum Gasteiger partial charge on any atom is 0.256 e. The largest absolute Gasteiger partial charge is 0.497 e. The number of methoxy groups -OCH3 is 2. The second-order valence-electron chi connectivity index (χ2n) is 6.72. The molecule has 154 valence electrons. The first-order valence-electron chi connectivity index (χ1n) is 9.59. The van der Waals surface area contributed by atoms with Gasteiger partial charge in [-0.15, -0.1) is 11.8 Å². The van der Waals surface area contributed by atoms with Crippen LogP contribution in [0.2, 0.25) is 0 Å². The SMILES string of the molecule is CCCNC(=O)C1CSC(c2ccccc2)N1C(=O)c1cc(OC)cc(OC)c1. The molecule has 6 nitrogen and oxygen atoms in total. The maximum absolute atomic E-state index is 13.6. The molecule has 2 atom stereocenters. The van der Waals surface area contributed by atoms with Crippen molar-refractivity contribution in [1.82, 2.24) is 10.2 Å². The van der Waals surface area contributed by atoms with Crippen molar-refractivity contribution in [3.05, 3.63) is 59.7 Å². The monoisotopic (exact) mass is 414 g/mol. The Balaban J connectivity index is 1.98.